The van der Waals surface area contributed by atoms with E-state index in [4.69, 9.17) is 4.74 Å². The Morgan fingerprint density at radius 3 is 2.17 bits per heavy atom. The molecular formula is C9H16LiNO6S. The zero-order valence-electron chi connectivity index (χ0n) is 11.0. The van der Waals surface area contributed by atoms with Crippen molar-refractivity contribution < 1.29 is 46.7 Å². The average Bonchev–Trinajstić information content (AvgIpc) is 1.96. The predicted octanol–water partition coefficient (Wildman–Crippen LogP) is -3.62. The summed E-state index contributed by atoms with van der Waals surface area (Å²) in [7, 11) is -3.86. The standard InChI is InChI=1S/C9H17NO6S.Li/c1-9(2,3)16-8(13)10-17(14,15)6-4-5-7(11)12;/h4-6H2,1-3H3,(H,10,13)(H,11,12);/q;+1/p-1. The molecule has 0 atom stereocenters. The number of carboxylic acids is 1. The number of amides is 1. The quantitative estimate of drug-likeness (QED) is 0.517. The Kier molecular flexibility index (Phi) is 8.35. The summed E-state index contributed by atoms with van der Waals surface area (Å²) >= 11 is 0. The van der Waals surface area contributed by atoms with E-state index in [1.807, 2.05) is 0 Å². The van der Waals surface area contributed by atoms with E-state index in [9.17, 15) is 23.1 Å². The van der Waals surface area contributed by atoms with Gasteiger partial charge in [-0.05, 0) is 33.6 Å². The van der Waals surface area contributed by atoms with Crippen molar-refractivity contribution in [1.29, 1.82) is 0 Å². The molecule has 0 saturated carbocycles. The van der Waals surface area contributed by atoms with E-state index in [1.54, 1.807) is 25.5 Å². The van der Waals surface area contributed by atoms with Crippen molar-refractivity contribution in [2.24, 2.45) is 0 Å². The Morgan fingerprint density at radius 1 is 1.28 bits per heavy atom. The van der Waals surface area contributed by atoms with Gasteiger partial charge < -0.3 is 14.6 Å². The van der Waals surface area contributed by atoms with E-state index in [0.29, 0.717) is 0 Å². The first-order valence-electron chi connectivity index (χ1n) is 4.95. The van der Waals surface area contributed by atoms with E-state index < -0.39 is 33.4 Å². The van der Waals surface area contributed by atoms with Gasteiger partial charge in [0.1, 0.15) is 5.60 Å². The second-order valence-corrected chi connectivity index (χ2v) is 6.24. The molecule has 1 amide bonds. The van der Waals surface area contributed by atoms with Crippen LogP contribution in [0.15, 0.2) is 0 Å². The molecule has 0 heterocycles. The molecule has 0 saturated heterocycles. The van der Waals surface area contributed by atoms with Crippen LogP contribution in [0.25, 0.3) is 0 Å². The maximum absolute atomic E-state index is 11.3. The van der Waals surface area contributed by atoms with Gasteiger partial charge in [0.05, 0.1) is 5.75 Å². The summed E-state index contributed by atoms with van der Waals surface area (Å²) in [5, 5.41) is 10.1. The van der Waals surface area contributed by atoms with Crippen LogP contribution in [0.3, 0.4) is 0 Å². The van der Waals surface area contributed by atoms with Gasteiger partial charge in [0.2, 0.25) is 10.0 Å². The first-order valence-corrected chi connectivity index (χ1v) is 6.60. The van der Waals surface area contributed by atoms with Crippen LogP contribution in [0.1, 0.15) is 33.6 Å². The van der Waals surface area contributed by atoms with Crippen LogP contribution in [0, 0.1) is 0 Å². The monoisotopic (exact) mass is 273 g/mol. The van der Waals surface area contributed by atoms with Crippen molar-refractivity contribution in [3.05, 3.63) is 0 Å². The summed E-state index contributed by atoms with van der Waals surface area (Å²) in [4.78, 5) is 21.2. The molecule has 0 aromatic rings. The van der Waals surface area contributed by atoms with Gasteiger partial charge in [-0.15, -0.1) is 0 Å². The fourth-order valence-corrected chi connectivity index (χ4v) is 1.81. The Morgan fingerprint density at radius 2 is 1.78 bits per heavy atom. The molecule has 0 spiro atoms. The smallest absolute Gasteiger partial charge is 0.550 e. The zero-order chi connectivity index (χ0) is 13.7. The Hall–Kier alpha value is -0.713. The number of carboxylic acid groups (broad SMARTS) is 1. The summed E-state index contributed by atoms with van der Waals surface area (Å²) in [5.74, 6) is -1.81. The third-order valence-electron chi connectivity index (χ3n) is 1.43. The maximum Gasteiger partial charge on any atom is 1.00 e. The van der Waals surface area contributed by atoms with Crippen LogP contribution < -0.4 is 28.7 Å². The number of carbonyl (C=O) groups is 2. The first kappa shape index (κ1) is 19.6. The summed E-state index contributed by atoms with van der Waals surface area (Å²) in [5.41, 5.74) is -0.801. The molecule has 0 radical (unpaired) electrons. The molecular weight excluding hydrogens is 257 g/mol. The Balaban J connectivity index is 0. The van der Waals surface area contributed by atoms with Crippen LogP contribution in [-0.4, -0.2) is 31.8 Å². The number of hydrogen-bond donors (Lipinski definition) is 1. The van der Waals surface area contributed by atoms with Crippen molar-refractivity contribution in [2.75, 3.05) is 5.75 Å². The van der Waals surface area contributed by atoms with E-state index in [0.717, 1.165) is 0 Å². The molecule has 0 aromatic heterocycles. The van der Waals surface area contributed by atoms with Gasteiger partial charge in [-0.2, -0.15) is 0 Å². The van der Waals surface area contributed by atoms with Gasteiger partial charge in [-0.3, -0.25) is 0 Å². The molecule has 0 bridgehead atoms. The Bertz CT molecular complexity index is 386. The SMILES string of the molecule is CC(C)(C)OC(=O)NS(=O)(=O)CCCC(=O)[O-].[Li+]. The molecule has 100 valence electrons. The van der Waals surface area contributed by atoms with Crippen molar-refractivity contribution >= 4 is 22.1 Å². The van der Waals surface area contributed by atoms with Crippen molar-refractivity contribution in [3.8, 4) is 0 Å². The first-order chi connectivity index (χ1) is 7.52. The molecule has 7 nitrogen and oxygen atoms in total. The van der Waals surface area contributed by atoms with Gasteiger partial charge in [0.25, 0.3) is 0 Å². The topological polar surface area (TPSA) is 113 Å². The minimum atomic E-state index is -3.86. The molecule has 18 heavy (non-hydrogen) atoms. The minimum Gasteiger partial charge on any atom is -0.550 e. The molecule has 0 unspecified atom stereocenters. The van der Waals surface area contributed by atoms with E-state index in [-0.39, 0.29) is 31.7 Å². The largest absolute Gasteiger partial charge is 1.00 e. The number of aliphatic carboxylic acids is 1. The number of nitrogens with one attached hydrogen (secondary N) is 1. The third-order valence-corrected chi connectivity index (χ3v) is 2.74. The molecule has 0 rings (SSSR count). The van der Waals surface area contributed by atoms with E-state index in [2.05, 4.69) is 0 Å². The average molecular weight is 273 g/mol. The second kappa shape index (κ2) is 7.66. The Labute approximate surface area is 118 Å². The van der Waals surface area contributed by atoms with Gasteiger partial charge in [0.15, 0.2) is 0 Å². The molecule has 0 fully saturated rings. The summed E-state index contributed by atoms with van der Waals surface area (Å²) in [6, 6.07) is 0. The summed E-state index contributed by atoms with van der Waals surface area (Å²) in [6.45, 7) is 4.78. The van der Waals surface area contributed by atoms with Gasteiger partial charge >= 0.3 is 25.0 Å². The van der Waals surface area contributed by atoms with Crippen LogP contribution >= 0.6 is 0 Å². The van der Waals surface area contributed by atoms with Gasteiger partial charge in [-0.25, -0.2) is 17.9 Å². The van der Waals surface area contributed by atoms with Crippen molar-refractivity contribution in [1.82, 2.24) is 4.72 Å². The molecule has 0 aliphatic heterocycles. The van der Waals surface area contributed by atoms with E-state index in [1.165, 1.54) is 0 Å². The molecule has 1 N–H and O–H groups in total. The van der Waals surface area contributed by atoms with Gasteiger partial charge in [0, 0.05) is 5.97 Å². The number of hydrogen-bond acceptors (Lipinski definition) is 6. The van der Waals surface area contributed by atoms with Crippen LogP contribution in [0.4, 0.5) is 4.79 Å². The fourth-order valence-electron chi connectivity index (χ4n) is 0.883. The van der Waals surface area contributed by atoms with Crippen LogP contribution in [-0.2, 0) is 19.6 Å². The maximum atomic E-state index is 11.3. The molecule has 0 aliphatic carbocycles. The normalized spacial score (nSPS) is 11.3. The summed E-state index contributed by atoms with van der Waals surface area (Å²) in [6.07, 6.45) is -1.58. The predicted molar refractivity (Wildman–Crippen MR) is 57.4 cm³/mol. The number of ether oxygens (including phenoxy) is 1. The molecule has 0 aromatic carbocycles. The van der Waals surface area contributed by atoms with Crippen molar-refractivity contribution in [2.45, 2.75) is 39.2 Å². The van der Waals surface area contributed by atoms with Crippen LogP contribution in [0.2, 0.25) is 0 Å². The minimum absolute atomic E-state index is 0. The zero-order valence-corrected chi connectivity index (χ0v) is 11.8. The number of rotatable bonds is 5. The van der Waals surface area contributed by atoms with E-state index >= 15 is 0 Å². The number of carbonyl (C=O) groups excluding carboxylic acids is 2. The fraction of sp³-hybridized carbons (Fsp3) is 0.778. The second-order valence-electron chi connectivity index (χ2n) is 4.40. The third kappa shape index (κ3) is 11.8. The van der Waals surface area contributed by atoms with Crippen LogP contribution in [0.5, 0.6) is 0 Å². The number of sulfonamides is 1. The molecule has 0 aliphatic rings. The summed E-state index contributed by atoms with van der Waals surface area (Å²) < 4.78 is 29.0. The molecule has 9 heteroatoms. The van der Waals surface area contributed by atoms with Gasteiger partial charge in [-0.1, -0.05) is 0 Å². The van der Waals surface area contributed by atoms with Crippen molar-refractivity contribution in [3.63, 3.8) is 0 Å².